The predicted octanol–water partition coefficient (Wildman–Crippen LogP) is 0.993. The van der Waals surface area contributed by atoms with Gasteiger partial charge in [0.15, 0.2) is 13.0 Å². The van der Waals surface area contributed by atoms with E-state index in [1.165, 1.54) is 18.2 Å². The highest BCUT2D eigenvalue weighted by Crippen LogP contribution is 2.60. The largest absolute Gasteiger partial charge is 0.484 e. The molecule has 1 aromatic carbocycles. The van der Waals surface area contributed by atoms with Gasteiger partial charge in [0.1, 0.15) is 17.8 Å². The Hall–Kier alpha value is -1.45. The van der Waals surface area contributed by atoms with Crippen molar-refractivity contribution in [2.45, 2.75) is 49.8 Å². The molecule has 4 aliphatic rings. The Balaban J connectivity index is 1.21. The molecule has 136 valence electrons. The van der Waals surface area contributed by atoms with Gasteiger partial charge >= 0.3 is 0 Å². The first-order chi connectivity index (χ1) is 11.9. The Morgan fingerprint density at radius 1 is 1.40 bits per heavy atom. The number of hydrogen-bond acceptors (Lipinski definition) is 6. The number of halogens is 2. The zero-order valence-corrected chi connectivity index (χ0v) is 14.5. The van der Waals surface area contributed by atoms with Crippen LogP contribution in [0.3, 0.4) is 0 Å². The third-order valence-electron chi connectivity index (χ3n) is 4.89. The smallest absolute Gasteiger partial charge is 0.258 e. The SMILES string of the molecule is CC1NNC(NC23CC(NC(=O)COc4ccc(Cl)c(F)c4)(C2)C3)O1. The first kappa shape index (κ1) is 17.0. The van der Waals surface area contributed by atoms with Crippen molar-refractivity contribution in [2.24, 2.45) is 0 Å². The lowest BCUT2D eigenvalue weighted by Gasteiger charge is -2.71. The van der Waals surface area contributed by atoms with Crippen LogP contribution in [-0.4, -0.2) is 36.2 Å². The summed E-state index contributed by atoms with van der Waals surface area (Å²) in [4.78, 5) is 12.1. The molecular weight excluding hydrogens is 351 g/mol. The van der Waals surface area contributed by atoms with Crippen LogP contribution in [0.1, 0.15) is 26.2 Å². The van der Waals surface area contributed by atoms with Crippen LogP contribution in [-0.2, 0) is 9.53 Å². The molecule has 0 radical (unpaired) electrons. The number of benzene rings is 1. The van der Waals surface area contributed by atoms with Crippen LogP contribution in [0.2, 0.25) is 5.02 Å². The lowest BCUT2D eigenvalue weighted by atomic mass is 9.44. The van der Waals surface area contributed by atoms with Crippen molar-refractivity contribution in [2.75, 3.05) is 6.61 Å². The van der Waals surface area contributed by atoms with Gasteiger partial charge in [0.2, 0.25) is 0 Å². The molecule has 2 atom stereocenters. The third-order valence-corrected chi connectivity index (χ3v) is 5.20. The van der Waals surface area contributed by atoms with Gasteiger partial charge in [-0.2, -0.15) is 0 Å². The van der Waals surface area contributed by atoms with E-state index in [9.17, 15) is 9.18 Å². The molecule has 2 unspecified atom stereocenters. The number of amides is 1. The number of rotatable bonds is 6. The van der Waals surface area contributed by atoms with Gasteiger partial charge in [0.05, 0.1) is 5.02 Å². The molecule has 4 N–H and O–H groups in total. The molecule has 3 aliphatic carbocycles. The van der Waals surface area contributed by atoms with E-state index in [2.05, 4.69) is 21.5 Å². The summed E-state index contributed by atoms with van der Waals surface area (Å²) in [7, 11) is 0. The van der Waals surface area contributed by atoms with Crippen molar-refractivity contribution in [1.82, 2.24) is 21.5 Å². The fourth-order valence-corrected chi connectivity index (χ4v) is 4.05. The van der Waals surface area contributed by atoms with Crippen LogP contribution in [0.5, 0.6) is 5.75 Å². The van der Waals surface area contributed by atoms with Crippen LogP contribution in [0, 0.1) is 5.82 Å². The minimum absolute atomic E-state index is 0.0220. The van der Waals surface area contributed by atoms with E-state index in [-0.39, 0.29) is 46.9 Å². The molecule has 1 heterocycles. The van der Waals surface area contributed by atoms with Crippen LogP contribution < -0.4 is 26.2 Å². The predicted molar refractivity (Wildman–Crippen MR) is 88.1 cm³/mol. The molecule has 7 nitrogen and oxygen atoms in total. The molecule has 1 aromatic rings. The van der Waals surface area contributed by atoms with E-state index in [4.69, 9.17) is 21.1 Å². The van der Waals surface area contributed by atoms with Gasteiger partial charge in [-0.05, 0) is 38.3 Å². The van der Waals surface area contributed by atoms with Crippen LogP contribution in [0.25, 0.3) is 0 Å². The molecule has 5 rings (SSSR count). The number of hydrazine groups is 1. The van der Waals surface area contributed by atoms with Crippen molar-refractivity contribution in [3.05, 3.63) is 29.0 Å². The van der Waals surface area contributed by atoms with Crippen LogP contribution in [0.15, 0.2) is 18.2 Å². The van der Waals surface area contributed by atoms with Crippen molar-refractivity contribution in [3.63, 3.8) is 0 Å². The van der Waals surface area contributed by atoms with E-state index >= 15 is 0 Å². The summed E-state index contributed by atoms with van der Waals surface area (Å²) in [5.74, 6) is -0.508. The Bertz CT molecular complexity index is 684. The molecule has 25 heavy (non-hydrogen) atoms. The zero-order chi connectivity index (χ0) is 17.7. The van der Waals surface area contributed by atoms with Crippen molar-refractivity contribution >= 4 is 17.5 Å². The second-order valence-corrected chi connectivity index (χ2v) is 7.50. The number of hydrogen-bond donors (Lipinski definition) is 4. The van der Waals surface area contributed by atoms with E-state index in [1.807, 2.05) is 6.92 Å². The first-order valence-corrected chi connectivity index (χ1v) is 8.58. The summed E-state index contributed by atoms with van der Waals surface area (Å²) in [5.41, 5.74) is 5.88. The number of nitrogens with one attached hydrogen (secondary N) is 4. The highest BCUT2D eigenvalue weighted by Gasteiger charge is 2.69. The van der Waals surface area contributed by atoms with Gasteiger partial charge in [0, 0.05) is 17.1 Å². The normalized spacial score (nSPS) is 35.6. The average Bonchev–Trinajstić information content (AvgIpc) is 2.90. The van der Waals surface area contributed by atoms with Crippen LogP contribution >= 0.6 is 11.6 Å². The summed E-state index contributed by atoms with van der Waals surface area (Å²) < 4.78 is 24.3. The molecule has 4 fully saturated rings. The highest BCUT2D eigenvalue weighted by atomic mass is 35.5. The lowest BCUT2D eigenvalue weighted by Crippen LogP contribution is -2.84. The molecule has 9 heteroatoms. The van der Waals surface area contributed by atoms with Crippen LogP contribution in [0.4, 0.5) is 4.39 Å². The summed E-state index contributed by atoms with van der Waals surface area (Å²) in [6.07, 6.45) is 2.33. The lowest BCUT2D eigenvalue weighted by molar-refractivity contribution is -0.154. The minimum atomic E-state index is -0.571. The fraction of sp³-hybridized carbons (Fsp3) is 0.562. The van der Waals surface area contributed by atoms with Crippen molar-refractivity contribution in [3.8, 4) is 5.75 Å². The summed E-state index contributed by atoms with van der Waals surface area (Å²) in [6.45, 7) is 1.77. The molecular formula is C16H20ClFN4O3. The number of ether oxygens (including phenoxy) is 2. The van der Waals surface area contributed by atoms with Gasteiger partial charge < -0.3 is 14.8 Å². The second kappa shape index (κ2) is 6.07. The average molecular weight is 371 g/mol. The Morgan fingerprint density at radius 3 is 2.80 bits per heavy atom. The number of carbonyl (C=O) groups excluding carboxylic acids is 1. The molecule has 0 spiro atoms. The molecule has 1 saturated heterocycles. The second-order valence-electron chi connectivity index (χ2n) is 7.10. The van der Waals surface area contributed by atoms with E-state index < -0.39 is 5.82 Å². The van der Waals surface area contributed by atoms with Crippen molar-refractivity contribution < 1.29 is 18.7 Å². The molecule has 0 aromatic heterocycles. The summed E-state index contributed by atoms with van der Waals surface area (Å²) in [6, 6.07) is 4.09. The van der Waals surface area contributed by atoms with Gasteiger partial charge in [-0.25, -0.2) is 15.2 Å². The highest BCUT2D eigenvalue weighted by molar-refractivity contribution is 6.30. The summed E-state index contributed by atoms with van der Waals surface area (Å²) in [5, 5.41) is 6.46. The van der Waals surface area contributed by atoms with Gasteiger partial charge in [-0.1, -0.05) is 11.6 Å². The van der Waals surface area contributed by atoms with E-state index in [1.54, 1.807) is 0 Å². The molecule has 1 amide bonds. The van der Waals surface area contributed by atoms with E-state index in [0.717, 1.165) is 19.3 Å². The van der Waals surface area contributed by atoms with Gasteiger partial charge in [-0.15, -0.1) is 0 Å². The van der Waals surface area contributed by atoms with Crippen molar-refractivity contribution in [1.29, 1.82) is 0 Å². The van der Waals surface area contributed by atoms with Gasteiger partial charge in [-0.3, -0.25) is 10.1 Å². The molecule has 1 aliphatic heterocycles. The maximum absolute atomic E-state index is 13.3. The summed E-state index contributed by atoms with van der Waals surface area (Å²) >= 11 is 5.61. The van der Waals surface area contributed by atoms with E-state index in [0.29, 0.717) is 0 Å². The minimum Gasteiger partial charge on any atom is -0.484 e. The Morgan fingerprint density at radius 2 is 2.16 bits per heavy atom. The first-order valence-electron chi connectivity index (χ1n) is 8.20. The zero-order valence-electron chi connectivity index (χ0n) is 13.7. The third kappa shape index (κ3) is 3.32. The molecule has 2 bridgehead atoms. The number of carbonyl (C=O) groups is 1. The monoisotopic (exact) mass is 370 g/mol. The fourth-order valence-electron chi connectivity index (χ4n) is 3.93. The standard InChI is InChI=1S/C16H20ClFN4O3/c1-9-21-22-14(25-9)20-16-6-15(7-16,8-16)19-13(23)5-24-10-2-3-11(17)12(18)4-10/h2-4,9,14,20-22H,5-8H2,1H3,(H,19,23). The Labute approximate surface area is 149 Å². The molecule has 3 saturated carbocycles. The Kier molecular flexibility index (Phi) is 4.12. The topological polar surface area (TPSA) is 83.7 Å². The maximum atomic E-state index is 13.3. The maximum Gasteiger partial charge on any atom is 0.258 e. The quantitative estimate of drug-likeness (QED) is 0.598. The van der Waals surface area contributed by atoms with Gasteiger partial charge in [0.25, 0.3) is 5.91 Å².